The van der Waals surface area contributed by atoms with Crippen LogP contribution in [-0.2, 0) is 6.54 Å². The summed E-state index contributed by atoms with van der Waals surface area (Å²) in [6.45, 7) is 2.37. The van der Waals surface area contributed by atoms with E-state index in [4.69, 9.17) is 16.3 Å². The molecule has 1 heterocycles. The average Bonchev–Trinajstić information content (AvgIpc) is 2.39. The number of anilines is 1. The Labute approximate surface area is 116 Å². The van der Waals surface area contributed by atoms with Gasteiger partial charge in [0.05, 0.1) is 19.0 Å². The molecular formula is C14H14ClFN2O. The lowest BCUT2D eigenvalue weighted by Gasteiger charge is -2.13. The monoisotopic (exact) mass is 280 g/mol. The Morgan fingerprint density at radius 2 is 2.11 bits per heavy atom. The van der Waals surface area contributed by atoms with Gasteiger partial charge in [-0.1, -0.05) is 11.6 Å². The Hall–Kier alpha value is -1.81. The maximum absolute atomic E-state index is 13.0. The summed E-state index contributed by atoms with van der Waals surface area (Å²) in [5.41, 5.74) is 2.52. The molecule has 100 valence electrons. The molecule has 0 fully saturated rings. The van der Waals surface area contributed by atoms with E-state index in [0.29, 0.717) is 17.3 Å². The number of benzene rings is 1. The molecule has 0 aliphatic rings. The molecule has 0 atom stereocenters. The van der Waals surface area contributed by atoms with Gasteiger partial charge in [-0.2, -0.15) is 0 Å². The van der Waals surface area contributed by atoms with E-state index in [0.717, 1.165) is 16.8 Å². The van der Waals surface area contributed by atoms with E-state index in [1.54, 1.807) is 19.4 Å². The van der Waals surface area contributed by atoms with Gasteiger partial charge in [-0.25, -0.2) is 4.39 Å². The molecule has 0 radical (unpaired) electrons. The lowest BCUT2D eigenvalue weighted by Crippen LogP contribution is -2.02. The number of hydrogen-bond donors (Lipinski definition) is 1. The summed E-state index contributed by atoms with van der Waals surface area (Å²) in [5, 5.41) is 3.83. The number of nitrogens with one attached hydrogen (secondary N) is 1. The van der Waals surface area contributed by atoms with Crippen molar-refractivity contribution in [1.29, 1.82) is 0 Å². The van der Waals surface area contributed by atoms with Gasteiger partial charge < -0.3 is 10.1 Å². The van der Waals surface area contributed by atoms with Crippen LogP contribution in [0.5, 0.6) is 5.75 Å². The van der Waals surface area contributed by atoms with Crippen LogP contribution in [0, 0.1) is 12.7 Å². The molecule has 0 saturated carbocycles. The molecule has 2 aromatic rings. The number of aromatic nitrogens is 1. The van der Waals surface area contributed by atoms with Crippen LogP contribution in [0.4, 0.5) is 10.1 Å². The number of methoxy groups -OCH3 is 1. The molecule has 0 amide bonds. The predicted molar refractivity (Wildman–Crippen MR) is 74.3 cm³/mol. The second-order valence-electron chi connectivity index (χ2n) is 4.17. The Morgan fingerprint density at radius 1 is 1.32 bits per heavy atom. The first-order chi connectivity index (χ1) is 9.10. The van der Waals surface area contributed by atoms with Crippen molar-refractivity contribution in [1.82, 2.24) is 4.98 Å². The SMILES string of the molecule is COc1cc(Cl)c(C)cc1NCc1cncc(F)c1. The van der Waals surface area contributed by atoms with Gasteiger partial charge in [-0.3, -0.25) is 4.98 Å². The minimum Gasteiger partial charge on any atom is -0.495 e. The van der Waals surface area contributed by atoms with Crippen molar-refractivity contribution in [2.24, 2.45) is 0 Å². The van der Waals surface area contributed by atoms with Gasteiger partial charge in [-0.05, 0) is 30.2 Å². The molecule has 0 aliphatic carbocycles. The number of pyridine rings is 1. The summed E-state index contributed by atoms with van der Waals surface area (Å²) in [5.74, 6) is 0.304. The highest BCUT2D eigenvalue weighted by molar-refractivity contribution is 6.31. The second kappa shape index (κ2) is 5.89. The highest BCUT2D eigenvalue weighted by Gasteiger charge is 2.07. The van der Waals surface area contributed by atoms with Crippen molar-refractivity contribution in [3.8, 4) is 5.75 Å². The topological polar surface area (TPSA) is 34.1 Å². The molecule has 1 aromatic heterocycles. The van der Waals surface area contributed by atoms with E-state index in [-0.39, 0.29) is 5.82 Å². The summed E-state index contributed by atoms with van der Waals surface area (Å²) in [6.07, 6.45) is 2.79. The number of nitrogens with zero attached hydrogens (tertiary/aromatic N) is 1. The van der Waals surface area contributed by atoms with Crippen molar-refractivity contribution < 1.29 is 9.13 Å². The molecule has 0 spiro atoms. The van der Waals surface area contributed by atoms with Crippen molar-refractivity contribution in [2.75, 3.05) is 12.4 Å². The minimum atomic E-state index is -0.349. The van der Waals surface area contributed by atoms with Crippen molar-refractivity contribution in [3.05, 3.63) is 52.6 Å². The fourth-order valence-corrected chi connectivity index (χ4v) is 1.87. The van der Waals surface area contributed by atoms with Gasteiger partial charge in [0.15, 0.2) is 0 Å². The fraction of sp³-hybridized carbons (Fsp3) is 0.214. The largest absolute Gasteiger partial charge is 0.495 e. The number of hydrogen-bond acceptors (Lipinski definition) is 3. The quantitative estimate of drug-likeness (QED) is 0.925. The van der Waals surface area contributed by atoms with Crippen molar-refractivity contribution in [3.63, 3.8) is 0 Å². The predicted octanol–water partition coefficient (Wildman–Crippen LogP) is 3.80. The van der Waals surface area contributed by atoms with Crippen LogP contribution in [0.25, 0.3) is 0 Å². The highest BCUT2D eigenvalue weighted by atomic mass is 35.5. The Morgan fingerprint density at radius 3 is 2.79 bits per heavy atom. The minimum absolute atomic E-state index is 0.349. The van der Waals surface area contributed by atoms with E-state index in [9.17, 15) is 4.39 Å². The molecule has 1 aromatic carbocycles. The van der Waals surface area contributed by atoms with Gasteiger partial charge in [0.25, 0.3) is 0 Å². The zero-order valence-corrected chi connectivity index (χ0v) is 11.5. The van der Waals surface area contributed by atoms with Crippen LogP contribution < -0.4 is 10.1 Å². The Balaban J connectivity index is 2.17. The Bertz CT molecular complexity index is 590. The molecule has 1 N–H and O–H groups in total. The highest BCUT2D eigenvalue weighted by Crippen LogP contribution is 2.31. The summed E-state index contributed by atoms with van der Waals surface area (Å²) in [4.78, 5) is 3.80. The lowest BCUT2D eigenvalue weighted by atomic mass is 10.2. The van der Waals surface area contributed by atoms with Crippen LogP contribution in [0.1, 0.15) is 11.1 Å². The first kappa shape index (κ1) is 13.6. The van der Waals surface area contributed by atoms with Gasteiger partial charge in [-0.15, -0.1) is 0 Å². The maximum atomic E-state index is 13.0. The maximum Gasteiger partial charge on any atom is 0.143 e. The van der Waals surface area contributed by atoms with Gasteiger partial charge >= 0.3 is 0 Å². The average molecular weight is 281 g/mol. The number of aryl methyl sites for hydroxylation is 1. The molecule has 19 heavy (non-hydrogen) atoms. The van der Waals surface area contributed by atoms with Crippen LogP contribution in [0.15, 0.2) is 30.6 Å². The van der Waals surface area contributed by atoms with E-state index in [1.807, 2.05) is 13.0 Å². The summed E-state index contributed by atoms with van der Waals surface area (Å²) < 4.78 is 18.3. The van der Waals surface area contributed by atoms with E-state index < -0.39 is 0 Å². The molecule has 0 unspecified atom stereocenters. The summed E-state index contributed by atoms with van der Waals surface area (Å²) in [6, 6.07) is 5.09. The molecule has 0 aliphatic heterocycles. The molecule has 5 heteroatoms. The third-order valence-corrected chi connectivity index (χ3v) is 3.13. The molecular weight excluding hydrogens is 267 g/mol. The standard InChI is InChI=1S/C14H14ClFN2O/c1-9-3-13(14(19-2)5-12(9)15)18-7-10-4-11(16)8-17-6-10/h3-6,8,18H,7H2,1-2H3. The van der Waals surface area contributed by atoms with E-state index >= 15 is 0 Å². The third-order valence-electron chi connectivity index (χ3n) is 2.73. The molecule has 3 nitrogen and oxygen atoms in total. The molecule has 0 bridgehead atoms. The fourth-order valence-electron chi connectivity index (χ4n) is 1.72. The summed E-state index contributed by atoms with van der Waals surface area (Å²) in [7, 11) is 1.58. The zero-order chi connectivity index (χ0) is 13.8. The number of ether oxygens (including phenoxy) is 1. The van der Waals surface area contributed by atoms with Crippen molar-refractivity contribution in [2.45, 2.75) is 13.5 Å². The van der Waals surface area contributed by atoms with Gasteiger partial charge in [0.1, 0.15) is 11.6 Å². The van der Waals surface area contributed by atoms with E-state index in [2.05, 4.69) is 10.3 Å². The second-order valence-corrected chi connectivity index (χ2v) is 4.57. The lowest BCUT2D eigenvalue weighted by molar-refractivity contribution is 0.416. The third kappa shape index (κ3) is 3.35. The van der Waals surface area contributed by atoms with Crippen LogP contribution >= 0.6 is 11.6 Å². The normalized spacial score (nSPS) is 10.3. The number of halogens is 2. The summed E-state index contributed by atoms with van der Waals surface area (Å²) >= 11 is 6.04. The van der Waals surface area contributed by atoms with Crippen LogP contribution in [0.2, 0.25) is 5.02 Å². The zero-order valence-electron chi connectivity index (χ0n) is 10.7. The van der Waals surface area contributed by atoms with Gasteiger partial charge in [0, 0.05) is 23.8 Å². The Kier molecular flexibility index (Phi) is 4.22. The smallest absolute Gasteiger partial charge is 0.143 e. The van der Waals surface area contributed by atoms with Crippen molar-refractivity contribution >= 4 is 17.3 Å². The first-order valence-electron chi connectivity index (χ1n) is 5.77. The molecule has 2 rings (SSSR count). The first-order valence-corrected chi connectivity index (χ1v) is 6.15. The van der Waals surface area contributed by atoms with E-state index in [1.165, 1.54) is 12.3 Å². The molecule has 0 saturated heterocycles. The number of rotatable bonds is 4. The van der Waals surface area contributed by atoms with Crippen LogP contribution in [0.3, 0.4) is 0 Å². The van der Waals surface area contributed by atoms with Crippen LogP contribution in [-0.4, -0.2) is 12.1 Å². The van der Waals surface area contributed by atoms with Gasteiger partial charge in [0.2, 0.25) is 0 Å².